The molecule has 1 rings (SSSR count). The minimum absolute atomic E-state index is 0.0710. The van der Waals surface area contributed by atoms with Gasteiger partial charge in [0.25, 0.3) is 0 Å². The van der Waals surface area contributed by atoms with Gasteiger partial charge in [-0.1, -0.05) is 0 Å². The molecule has 0 saturated carbocycles. The molecule has 19 heavy (non-hydrogen) atoms. The topological polar surface area (TPSA) is 91.2 Å². The van der Waals surface area contributed by atoms with Gasteiger partial charge in [0.2, 0.25) is 5.91 Å². The quantitative estimate of drug-likeness (QED) is 0.635. The van der Waals surface area contributed by atoms with Crippen molar-refractivity contribution in [2.24, 2.45) is 0 Å². The number of amides is 1. The number of esters is 1. The van der Waals surface area contributed by atoms with Crippen molar-refractivity contribution in [3.8, 4) is 6.07 Å². The van der Waals surface area contributed by atoms with Gasteiger partial charge in [-0.25, -0.2) is 4.79 Å². The monoisotopic (exact) mass is 297 g/mol. The van der Waals surface area contributed by atoms with Crippen molar-refractivity contribution in [1.29, 1.82) is 5.26 Å². The predicted molar refractivity (Wildman–Crippen MR) is 75.1 cm³/mol. The minimum atomic E-state index is -0.516. The number of thiocarbonyl (C=S) groups is 1. The van der Waals surface area contributed by atoms with Gasteiger partial charge in [-0.3, -0.25) is 4.79 Å². The summed E-state index contributed by atoms with van der Waals surface area (Å²) in [4.78, 5) is 22.7. The highest BCUT2D eigenvalue weighted by molar-refractivity contribution is 7.80. The van der Waals surface area contributed by atoms with Crippen LogP contribution in [0.15, 0.2) is 0 Å². The van der Waals surface area contributed by atoms with Crippen molar-refractivity contribution in [1.82, 2.24) is 5.32 Å². The van der Waals surface area contributed by atoms with Crippen molar-refractivity contribution in [2.45, 2.75) is 13.8 Å². The van der Waals surface area contributed by atoms with E-state index in [4.69, 9.17) is 17.5 Å². The number of carbonyl (C=O) groups excluding carboxylic acids is 2. The summed E-state index contributed by atoms with van der Waals surface area (Å²) < 4.78 is 4.63. The Morgan fingerprint density at radius 2 is 2.11 bits per heavy atom. The predicted octanol–water partition coefficient (Wildman–Crippen LogP) is 1.55. The van der Waals surface area contributed by atoms with Crippen LogP contribution in [0, 0.1) is 18.3 Å². The second-order valence-electron chi connectivity index (χ2n) is 3.50. The van der Waals surface area contributed by atoms with Gasteiger partial charge in [-0.15, -0.1) is 11.3 Å². The van der Waals surface area contributed by atoms with Crippen molar-refractivity contribution < 1.29 is 14.3 Å². The summed E-state index contributed by atoms with van der Waals surface area (Å²) in [7, 11) is 1.27. The number of rotatable bonds is 2. The van der Waals surface area contributed by atoms with E-state index in [2.05, 4.69) is 15.4 Å². The first-order valence-corrected chi connectivity index (χ1v) is 6.33. The number of hydrogen-bond donors (Lipinski definition) is 2. The summed E-state index contributed by atoms with van der Waals surface area (Å²) in [6, 6.07) is 1.99. The Bertz CT molecular complexity index is 587. The highest BCUT2D eigenvalue weighted by atomic mass is 32.1. The van der Waals surface area contributed by atoms with E-state index in [1.165, 1.54) is 14.0 Å². The number of carbonyl (C=O) groups is 2. The van der Waals surface area contributed by atoms with Gasteiger partial charge in [0.05, 0.1) is 12.7 Å². The van der Waals surface area contributed by atoms with E-state index >= 15 is 0 Å². The van der Waals surface area contributed by atoms with Crippen LogP contribution in [-0.4, -0.2) is 24.1 Å². The van der Waals surface area contributed by atoms with E-state index in [0.717, 1.165) is 11.3 Å². The van der Waals surface area contributed by atoms with Crippen molar-refractivity contribution >= 4 is 45.5 Å². The number of ether oxygens (including phenoxy) is 1. The summed E-state index contributed by atoms with van der Waals surface area (Å²) in [6.07, 6.45) is 0. The number of nitriles is 1. The largest absolute Gasteiger partial charge is 0.465 e. The molecule has 0 bridgehead atoms. The Morgan fingerprint density at radius 1 is 1.47 bits per heavy atom. The Kier molecular flexibility index (Phi) is 4.97. The SMILES string of the molecule is COC(=O)c1sc(NC(=S)NC(C)=O)c(C#N)c1C. The fraction of sp³-hybridized carbons (Fsp3) is 0.273. The second kappa shape index (κ2) is 6.26. The average Bonchev–Trinajstić information content (AvgIpc) is 2.63. The van der Waals surface area contributed by atoms with Crippen LogP contribution in [0.3, 0.4) is 0 Å². The molecule has 6 nitrogen and oxygen atoms in total. The molecule has 0 unspecified atom stereocenters. The third-order valence-corrected chi connectivity index (χ3v) is 3.54. The second-order valence-corrected chi connectivity index (χ2v) is 4.93. The first-order chi connectivity index (χ1) is 8.90. The zero-order chi connectivity index (χ0) is 14.6. The smallest absolute Gasteiger partial charge is 0.348 e. The maximum atomic E-state index is 11.5. The van der Waals surface area contributed by atoms with Gasteiger partial charge in [0, 0.05) is 6.92 Å². The van der Waals surface area contributed by atoms with Gasteiger partial charge in [-0.2, -0.15) is 5.26 Å². The summed E-state index contributed by atoms with van der Waals surface area (Å²) in [6.45, 7) is 2.96. The molecule has 0 fully saturated rings. The van der Waals surface area contributed by atoms with E-state index in [9.17, 15) is 9.59 Å². The first kappa shape index (κ1) is 15.1. The molecule has 0 radical (unpaired) electrons. The number of methoxy groups -OCH3 is 1. The van der Waals surface area contributed by atoms with E-state index in [1.54, 1.807) is 6.92 Å². The van der Waals surface area contributed by atoms with Crippen molar-refractivity contribution in [3.05, 3.63) is 16.0 Å². The molecule has 0 aromatic carbocycles. The van der Waals surface area contributed by atoms with Gasteiger partial charge >= 0.3 is 5.97 Å². The Labute approximate surface area is 119 Å². The van der Waals surface area contributed by atoms with Gasteiger partial charge in [0.15, 0.2) is 5.11 Å². The van der Waals surface area contributed by atoms with Crippen LogP contribution in [0.1, 0.15) is 27.7 Å². The summed E-state index contributed by atoms with van der Waals surface area (Å²) >= 11 is 5.96. The fourth-order valence-electron chi connectivity index (χ4n) is 1.32. The molecule has 8 heteroatoms. The third-order valence-electron chi connectivity index (χ3n) is 2.15. The highest BCUT2D eigenvalue weighted by Gasteiger charge is 2.21. The lowest BCUT2D eigenvalue weighted by Gasteiger charge is -2.05. The lowest BCUT2D eigenvalue weighted by atomic mass is 10.2. The molecular formula is C11H11N3O3S2. The number of hydrogen-bond acceptors (Lipinski definition) is 6. The molecular weight excluding hydrogens is 286 g/mol. The maximum absolute atomic E-state index is 11.5. The molecule has 0 aliphatic carbocycles. The van der Waals surface area contributed by atoms with Gasteiger partial charge in [0.1, 0.15) is 15.9 Å². The van der Waals surface area contributed by atoms with Crippen LogP contribution in [-0.2, 0) is 9.53 Å². The average molecular weight is 297 g/mol. The van der Waals surface area contributed by atoms with Gasteiger partial charge in [-0.05, 0) is 24.7 Å². The lowest BCUT2D eigenvalue weighted by Crippen LogP contribution is -2.32. The maximum Gasteiger partial charge on any atom is 0.348 e. The third kappa shape index (κ3) is 3.49. The first-order valence-electron chi connectivity index (χ1n) is 5.11. The number of nitrogens with zero attached hydrogens (tertiary/aromatic N) is 1. The van der Waals surface area contributed by atoms with Crippen LogP contribution < -0.4 is 10.6 Å². The van der Waals surface area contributed by atoms with E-state index < -0.39 is 5.97 Å². The Hall–Kier alpha value is -1.98. The summed E-state index contributed by atoms with van der Waals surface area (Å²) in [5, 5.41) is 14.7. The molecule has 1 amide bonds. The minimum Gasteiger partial charge on any atom is -0.465 e. The molecule has 0 aliphatic rings. The van der Waals surface area contributed by atoms with Crippen LogP contribution in [0.25, 0.3) is 0 Å². The van der Waals surface area contributed by atoms with E-state index in [-0.39, 0.29) is 11.0 Å². The lowest BCUT2D eigenvalue weighted by molar-refractivity contribution is -0.117. The molecule has 1 aromatic heterocycles. The number of anilines is 1. The highest BCUT2D eigenvalue weighted by Crippen LogP contribution is 2.32. The Morgan fingerprint density at radius 3 is 2.58 bits per heavy atom. The van der Waals surface area contributed by atoms with E-state index in [1.807, 2.05) is 6.07 Å². The van der Waals surface area contributed by atoms with Crippen LogP contribution in [0.2, 0.25) is 0 Å². The zero-order valence-corrected chi connectivity index (χ0v) is 12.1. The number of nitrogens with one attached hydrogen (secondary N) is 2. The standard InChI is InChI=1S/C11H11N3O3S2/c1-5-7(4-12)9(14-11(18)13-6(2)15)19-8(5)10(16)17-3/h1-3H3,(H2,13,14,15,18). The molecule has 2 N–H and O–H groups in total. The molecule has 0 saturated heterocycles. The van der Waals surface area contributed by atoms with Crippen LogP contribution in [0.4, 0.5) is 5.00 Å². The molecule has 0 aliphatic heterocycles. The molecule has 100 valence electrons. The van der Waals surface area contributed by atoms with Crippen molar-refractivity contribution in [3.63, 3.8) is 0 Å². The van der Waals surface area contributed by atoms with Crippen molar-refractivity contribution in [2.75, 3.05) is 12.4 Å². The normalized spacial score (nSPS) is 9.37. The van der Waals surface area contributed by atoms with Gasteiger partial charge < -0.3 is 15.4 Å². The number of thiophene rings is 1. The molecule has 0 atom stereocenters. The summed E-state index contributed by atoms with van der Waals surface area (Å²) in [5.74, 6) is -0.838. The van der Waals surface area contributed by atoms with E-state index in [0.29, 0.717) is 21.0 Å². The zero-order valence-electron chi connectivity index (χ0n) is 10.5. The molecule has 0 spiro atoms. The summed E-state index contributed by atoms with van der Waals surface area (Å²) in [5.41, 5.74) is 0.825. The fourth-order valence-corrected chi connectivity index (χ4v) is 2.71. The molecule has 1 aromatic rings. The Balaban J connectivity index is 3.08. The van der Waals surface area contributed by atoms with Crippen LogP contribution in [0.5, 0.6) is 0 Å². The van der Waals surface area contributed by atoms with Crippen LogP contribution >= 0.6 is 23.6 Å². The molecule has 1 heterocycles.